The van der Waals surface area contributed by atoms with E-state index in [1.54, 1.807) is 7.11 Å². The molecule has 1 atom stereocenters. The van der Waals surface area contributed by atoms with Crippen LogP contribution in [0.25, 0.3) is 0 Å². The van der Waals surface area contributed by atoms with Crippen molar-refractivity contribution in [3.05, 3.63) is 29.8 Å². The number of nitrogens with two attached hydrogens (primary N) is 1. The molecular weight excluding hydrogens is 266 g/mol. The molecule has 1 aromatic carbocycles. The summed E-state index contributed by atoms with van der Waals surface area (Å²) in [5.41, 5.74) is 7.68. The van der Waals surface area contributed by atoms with Gasteiger partial charge in [0.2, 0.25) is 0 Å². The highest BCUT2D eigenvalue weighted by Crippen LogP contribution is 2.19. The van der Waals surface area contributed by atoms with Gasteiger partial charge in [0.1, 0.15) is 0 Å². The van der Waals surface area contributed by atoms with Crippen molar-refractivity contribution < 1.29 is 9.53 Å². The summed E-state index contributed by atoms with van der Waals surface area (Å²) in [6.07, 6.45) is 2.00. The Morgan fingerprint density at radius 2 is 2.19 bits per heavy atom. The number of rotatable bonds is 4. The van der Waals surface area contributed by atoms with E-state index in [1.165, 1.54) is 0 Å². The molecule has 0 bridgehead atoms. The van der Waals surface area contributed by atoms with Gasteiger partial charge in [-0.2, -0.15) is 0 Å². The second-order valence-corrected chi connectivity index (χ2v) is 5.73. The molecule has 0 spiro atoms. The number of methoxy groups -OCH3 is 1. The number of nitrogens with one attached hydrogen (secondary N) is 1. The molecule has 1 saturated heterocycles. The molecular formula is C16H25N3O2. The minimum atomic E-state index is -0.0355. The summed E-state index contributed by atoms with van der Waals surface area (Å²) in [6, 6.07) is 7.64. The van der Waals surface area contributed by atoms with Crippen molar-refractivity contribution in [2.45, 2.75) is 25.8 Å². The van der Waals surface area contributed by atoms with Crippen LogP contribution in [0.5, 0.6) is 0 Å². The summed E-state index contributed by atoms with van der Waals surface area (Å²) < 4.78 is 5.18. The van der Waals surface area contributed by atoms with Crippen molar-refractivity contribution in [2.75, 3.05) is 32.1 Å². The van der Waals surface area contributed by atoms with Gasteiger partial charge in [-0.15, -0.1) is 0 Å². The number of ether oxygens (including phenoxy) is 1. The Hall–Kier alpha value is -1.59. The first-order chi connectivity index (χ1) is 10.1. The molecule has 116 valence electrons. The van der Waals surface area contributed by atoms with Crippen molar-refractivity contribution in [2.24, 2.45) is 11.7 Å². The molecule has 0 saturated carbocycles. The number of carbonyl (C=O) groups is 1. The van der Waals surface area contributed by atoms with E-state index in [-0.39, 0.29) is 12.1 Å². The zero-order chi connectivity index (χ0) is 15.2. The average molecular weight is 291 g/mol. The molecule has 0 aliphatic carbocycles. The first kappa shape index (κ1) is 15.8. The van der Waals surface area contributed by atoms with Crippen molar-refractivity contribution >= 4 is 11.7 Å². The van der Waals surface area contributed by atoms with Gasteiger partial charge in [-0.25, -0.2) is 4.79 Å². The van der Waals surface area contributed by atoms with Crippen LogP contribution in [0.15, 0.2) is 24.3 Å². The largest absolute Gasteiger partial charge is 0.384 e. The number of urea groups is 1. The molecule has 1 aliphatic rings. The highest BCUT2D eigenvalue weighted by molar-refractivity contribution is 5.89. The van der Waals surface area contributed by atoms with Crippen LogP contribution in [0.3, 0.4) is 0 Å². The third-order valence-corrected chi connectivity index (χ3v) is 3.97. The van der Waals surface area contributed by atoms with Gasteiger partial charge in [0.15, 0.2) is 0 Å². The number of likely N-dealkylation sites (tertiary alicyclic amines) is 1. The fourth-order valence-corrected chi connectivity index (χ4v) is 2.64. The quantitative estimate of drug-likeness (QED) is 0.896. The van der Waals surface area contributed by atoms with E-state index < -0.39 is 0 Å². The second kappa shape index (κ2) is 7.43. The van der Waals surface area contributed by atoms with E-state index >= 15 is 0 Å². The first-order valence-electron chi connectivity index (χ1n) is 7.50. The van der Waals surface area contributed by atoms with Gasteiger partial charge >= 0.3 is 6.03 Å². The maximum atomic E-state index is 12.3. The summed E-state index contributed by atoms with van der Waals surface area (Å²) in [7, 11) is 1.73. The Morgan fingerprint density at radius 3 is 2.81 bits per heavy atom. The van der Waals surface area contributed by atoms with E-state index in [2.05, 4.69) is 5.32 Å². The summed E-state index contributed by atoms with van der Waals surface area (Å²) >= 11 is 0. The molecule has 2 amide bonds. The van der Waals surface area contributed by atoms with Crippen molar-refractivity contribution in [1.82, 2.24) is 4.90 Å². The molecule has 2 rings (SSSR count). The molecule has 5 heteroatoms. The molecule has 1 fully saturated rings. The lowest BCUT2D eigenvalue weighted by Gasteiger charge is -2.31. The minimum Gasteiger partial charge on any atom is -0.384 e. The minimum absolute atomic E-state index is 0.0345. The highest BCUT2D eigenvalue weighted by atomic mass is 16.5. The van der Waals surface area contributed by atoms with Gasteiger partial charge in [-0.1, -0.05) is 12.1 Å². The van der Waals surface area contributed by atoms with Gasteiger partial charge in [-0.3, -0.25) is 0 Å². The normalized spacial score (nSPS) is 17.6. The lowest BCUT2D eigenvalue weighted by molar-refractivity contribution is 0.110. The Balaban J connectivity index is 1.89. The van der Waals surface area contributed by atoms with E-state index in [0.717, 1.165) is 43.8 Å². The molecule has 1 aromatic rings. The average Bonchev–Trinajstić information content (AvgIpc) is 2.48. The molecule has 0 aromatic heterocycles. The van der Waals surface area contributed by atoms with Crippen LogP contribution in [0.2, 0.25) is 0 Å². The summed E-state index contributed by atoms with van der Waals surface area (Å²) in [4.78, 5) is 14.1. The van der Waals surface area contributed by atoms with Crippen LogP contribution < -0.4 is 11.1 Å². The van der Waals surface area contributed by atoms with E-state index in [0.29, 0.717) is 5.92 Å². The Kier molecular flexibility index (Phi) is 5.59. The van der Waals surface area contributed by atoms with Gasteiger partial charge in [0, 0.05) is 38.5 Å². The Labute approximate surface area is 126 Å². The molecule has 1 aliphatic heterocycles. The smallest absolute Gasteiger partial charge is 0.321 e. The number of piperidine rings is 1. The molecule has 21 heavy (non-hydrogen) atoms. The SMILES string of the molecule is COCC1CCN(C(=O)Nc2cccc(C(C)N)c2)CC1. The van der Waals surface area contributed by atoms with Crippen LogP contribution in [-0.4, -0.2) is 37.7 Å². The number of nitrogens with zero attached hydrogens (tertiary/aromatic N) is 1. The number of hydrogen-bond donors (Lipinski definition) is 2. The standard InChI is InChI=1S/C16H25N3O2/c1-12(17)14-4-3-5-15(10-14)18-16(20)19-8-6-13(7-9-19)11-21-2/h3-5,10,12-13H,6-9,11,17H2,1-2H3,(H,18,20). The lowest BCUT2D eigenvalue weighted by atomic mass is 9.98. The molecule has 1 heterocycles. The topological polar surface area (TPSA) is 67.6 Å². The van der Waals surface area contributed by atoms with Crippen molar-refractivity contribution in [1.29, 1.82) is 0 Å². The molecule has 3 N–H and O–H groups in total. The molecule has 1 unspecified atom stereocenters. The predicted molar refractivity (Wildman–Crippen MR) is 84.2 cm³/mol. The van der Waals surface area contributed by atoms with E-state index in [1.807, 2.05) is 36.1 Å². The van der Waals surface area contributed by atoms with Crippen LogP contribution in [-0.2, 0) is 4.74 Å². The fraction of sp³-hybridized carbons (Fsp3) is 0.562. The summed E-state index contributed by atoms with van der Waals surface area (Å²) in [5.74, 6) is 0.570. The van der Waals surface area contributed by atoms with Crippen LogP contribution in [0.1, 0.15) is 31.4 Å². The molecule has 5 nitrogen and oxygen atoms in total. The first-order valence-corrected chi connectivity index (χ1v) is 7.50. The number of benzene rings is 1. The van der Waals surface area contributed by atoms with Crippen LogP contribution in [0, 0.1) is 5.92 Å². The van der Waals surface area contributed by atoms with Crippen molar-refractivity contribution in [3.63, 3.8) is 0 Å². The van der Waals surface area contributed by atoms with Gasteiger partial charge in [-0.05, 0) is 43.4 Å². The number of anilines is 1. The maximum Gasteiger partial charge on any atom is 0.321 e. The molecule has 0 radical (unpaired) electrons. The van der Waals surface area contributed by atoms with Crippen LogP contribution in [0.4, 0.5) is 10.5 Å². The van der Waals surface area contributed by atoms with Gasteiger partial charge in [0.05, 0.1) is 0 Å². The van der Waals surface area contributed by atoms with Gasteiger partial charge < -0.3 is 20.7 Å². The summed E-state index contributed by atoms with van der Waals surface area (Å²) in [6.45, 7) is 4.28. The van der Waals surface area contributed by atoms with Crippen molar-refractivity contribution in [3.8, 4) is 0 Å². The summed E-state index contributed by atoms with van der Waals surface area (Å²) in [5, 5.41) is 2.95. The van der Waals surface area contributed by atoms with Crippen LogP contribution >= 0.6 is 0 Å². The number of amides is 2. The Morgan fingerprint density at radius 1 is 1.48 bits per heavy atom. The zero-order valence-corrected chi connectivity index (χ0v) is 12.8. The maximum absolute atomic E-state index is 12.3. The number of carbonyl (C=O) groups excluding carboxylic acids is 1. The third-order valence-electron chi connectivity index (χ3n) is 3.97. The second-order valence-electron chi connectivity index (χ2n) is 5.73. The lowest BCUT2D eigenvalue weighted by Crippen LogP contribution is -2.41. The third kappa shape index (κ3) is 4.44. The number of hydrogen-bond acceptors (Lipinski definition) is 3. The van der Waals surface area contributed by atoms with E-state index in [9.17, 15) is 4.79 Å². The zero-order valence-electron chi connectivity index (χ0n) is 12.8. The Bertz CT molecular complexity index is 468. The predicted octanol–water partition coefficient (Wildman–Crippen LogP) is 2.60. The van der Waals surface area contributed by atoms with Gasteiger partial charge in [0.25, 0.3) is 0 Å². The monoisotopic (exact) mass is 291 g/mol. The highest BCUT2D eigenvalue weighted by Gasteiger charge is 2.22. The van der Waals surface area contributed by atoms with E-state index in [4.69, 9.17) is 10.5 Å². The fourth-order valence-electron chi connectivity index (χ4n) is 2.64.